The fraction of sp³-hybridized carbons (Fsp3) is 0.176. The molecule has 112 valence electrons. The number of hydrogen-bond donors (Lipinski definition) is 1. The van der Waals surface area contributed by atoms with Gasteiger partial charge >= 0.3 is 0 Å². The molecule has 1 heterocycles. The third-order valence-corrected chi connectivity index (χ3v) is 4.57. The van der Waals surface area contributed by atoms with E-state index in [4.69, 9.17) is 4.74 Å². The van der Waals surface area contributed by atoms with Gasteiger partial charge in [-0.3, -0.25) is 10.1 Å². The molecule has 3 rings (SSSR count). The summed E-state index contributed by atoms with van der Waals surface area (Å²) in [6.07, 6.45) is 0. The van der Waals surface area contributed by atoms with Crippen molar-refractivity contribution in [1.29, 1.82) is 0 Å². The molecule has 1 N–H and O–H groups in total. The van der Waals surface area contributed by atoms with Crippen molar-refractivity contribution in [1.82, 2.24) is 4.98 Å². The van der Waals surface area contributed by atoms with E-state index in [-0.39, 0.29) is 5.91 Å². The Morgan fingerprint density at radius 1 is 1.23 bits per heavy atom. The molecule has 5 heteroatoms. The number of aryl methyl sites for hydroxylation is 2. The van der Waals surface area contributed by atoms with E-state index in [1.165, 1.54) is 16.9 Å². The molecule has 0 bridgehead atoms. The molecule has 1 aromatic heterocycles. The molecule has 0 saturated carbocycles. The highest BCUT2D eigenvalue weighted by Gasteiger charge is 2.12. The van der Waals surface area contributed by atoms with Crippen molar-refractivity contribution < 1.29 is 9.53 Å². The van der Waals surface area contributed by atoms with Crippen molar-refractivity contribution >= 4 is 32.6 Å². The quantitative estimate of drug-likeness (QED) is 0.789. The normalized spacial score (nSPS) is 10.7. The zero-order valence-corrected chi connectivity index (χ0v) is 13.5. The largest absolute Gasteiger partial charge is 0.497 e. The van der Waals surface area contributed by atoms with Gasteiger partial charge < -0.3 is 4.74 Å². The maximum atomic E-state index is 12.3. The lowest BCUT2D eigenvalue weighted by atomic mass is 10.1. The van der Waals surface area contributed by atoms with Crippen LogP contribution in [-0.4, -0.2) is 18.0 Å². The van der Waals surface area contributed by atoms with E-state index in [2.05, 4.69) is 23.3 Å². The van der Waals surface area contributed by atoms with Crippen molar-refractivity contribution in [2.24, 2.45) is 0 Å². The Morgan fingerprint density at radius 2 is 2.05 bits per heavy atom. The van der Waals surface area contributed by atoms with Gasteiger partial charge in [0, 0.05) is 5.56 Å². The minimum absolute atomic E-state index is 0.188. The fourth-order valence-electron chi connectivity index (χ4n) is 2.21. The molecule has 2 aromatic carbocycles. The van der Waals surface area contributed by atoms with Gasteiger partial charge in [0.05, 0.1) is 17.3 Å². The van der Waals surface area contributed by atoms with E-state index >= 15 is 0 Å². The van der Waals surface area contributed by atoms with E-state index in [1.54, 1.807) is 31.4 Å². The molecule has 0 unspecified atom stereocenters. The van der Waals surface area contributed by atoms with Crippen LogP contribution in [0.1, 0.15) is 21.5 Å². The van der Waals surface area contributed by atoms with Gasteiger partial charge in [0.25, 0.3) is 5.91 Å². The average molecular weight is 312 g/mol. The smallest absolute Gasteiger partial charge is 0.257 e. The van der Waals surface area contributed by atoms with E-state index in [0.29, 0.717) is 16.4 Å². The Kier molecular flexibility index (Phi) is 3.81. The number of nitrogens with one attached hydrogen (secondary N) is 1. The number of fused-ring (bicyclic) bond motifs is 1. The number of aromatic nitrogens is 1. The molecule has 3 aromatic rings. The van der Waals surface area contributed by atoms with Gasteiger partial charge in [-0.05, 0) is 49.2 Å². The Bertz CT molecular complexity index is 855. The third kappa shape index (κ3) is 2.67. The van der Waals surface area contributed by atoms with Crippen LogP contribution in [0, 0.1) is 13.8 Å². The molecule has 0 fully saturated rings. The molecule has 4 nitrogen and oxygen atoms in total. The number of methoxy groups -OCH3 is 1. The van der Waals surface area contributed by atoms with Crippen LogP contribution in [0.15, 0.2) is 36.4 Å². The standard InChI is InChI=1S/C17H16N2O2S/c1-10-7-8-14-15(11(10)2)18-17(22-14)19-16(20)12-5-4-6-13(9-12)21-3/h4-9H,1-3H3,(H,18,19,20). The van der Waals surface area contributed by atoms with Crippen LogP contribution < -0.4 is 10.1 Å². The summed E-state index contributed by atoms with van der Waals surface area (Å²) in [4.78, 5) is 16.8. The zero-order valence-electron chi connectivity index (χ0n) is 12.6. The number of rotatable bonds is 3. The lowest BCUT2D eigenvalue weighted by Crippen LogP contribution is -2.11. The summed E-state index contributed by atoms with van der Waals surface area (Å²) in [5, 5.41) is 3.47. The number of amides is 1. The topological polar surface area (TPSA) is 51.2 Å². The van der Waals surface area contributed by atoms with Gasteiger partial charge in [-0.2, -0.15) is 0 Å². The summed E-state index contributed by atoms with van der Waals surface area (Å²) in [5.74, 6) is 0.468. The molecule has 0 saturated heterocycles. The summed E-state index contributed by atoms with van der Waals surface area (Å²) in [7, 11) is 1.58. The van der Waals surface area contributed by atoms with Gasteiger partial charge in [0.15, 0.2) is 5.13 Å². The lowest BCUT2D eigenvalue weighted by molar-refractivity contribution is 0.102. The maximum Gasteiger partial charge on any atom is 0.257 e. The van der Waals surface area contributed by atoms with Gasteiger partial charge in [-0.15, -0.1) is 0 Å². The molecular weight excluding hydrogens is 296 g/mol. The summed E-state index contributed by atoms with van der Waals surface area (Å²) < 4.78 is 6.21. The molecule has 0 aliphatic heterocycles. The Morgan fingerprint density at radius 3 is 2.82 bits per heavy atom. The van der Waals surface area contributed by atoms with Crippen molar-refractivity contribution in [3.05, 3.63) is 53.1 Å². The fourth-order valence-corrected chi connectivity index (χ4v) is 3.13. The summed E-state index contributed by atoms with van der Waals surface area (Å²) in [6.45, 7) is 4.10. The van der Waals surface area contributed by atoms with Crippen LogP contribution >= 0.6 is 11.3 Å². The summed E-state index contributed by atoms with van der Waals surface area (Å²) in [5.41, 5.74) is 3.84. The summed E-state index contributed by atoms with van der Waals surface area (Å²) >= 11 is 1.48. The molecular formula is C17H16N2O2S. The van der Waals surface area contributed by atoms with E-state index in [0.717, 1.165) is 15.8 Å². The number of anilines is 1. The second-order valence-corrected chi connectivity index (χ2v) is 6.09. The second kappa shape index (κ2) is 5.77. The molecule has 1 amide bonds. The molecule has 0 radical (unpaired) electrons. The number of hydrogen-bond acceptors (Lipinski definition) is 4. The van der Waals surface area contributed by atoms with Crippen LogP contribution in [-0.2, 0) is 0 Å². The zero-order chi connectivity index (χ0) is 15.7. The van der Waals surface area contributed by atoms with Gasteiger partial charge in [0.1, 0.15) is 5.75 Å². The van der Waals surface area contributed by atoms with Gasteiger partial charge in [-0.1, -0.05) is 23.5 Å². The van der Waals surface area contributed by atoms with Crippen molar-refractivity contribution in [2.45, 2.75) is 13.8 Å². The molecule has 0 aliphatic carbocycles. The first-order chi connectivity index (χ1) is 10.6. The highest BCUT2D eigenvalue weighted by Crippen LogP contribution is 2.30. The van der Waals surface area contributed by atoms with Gasteiger partial charge in [0.2, 0.25) is 0 Å². The minimum atomic E-state index is -0.188. The SMILES string of the molecule is COc1cccc(C(=O)Nc2nc3c(C)c(C)ccc3s2)c1. The molecule has 0 aliphatic rings. The van der Waals surface area contributed by atoms with Crippen LogP contribution in [0.2, 0.25) is 0 Å². The number of thiazole rings is 1. The van der Waals surface area contributed by atoms with Crippen LogP contribution in [0.25, 0.3) is 10.2 Å². The van der Waals surface area contributed by atoms with Crippen molar-refractivity contribution in [3.63, 3.8) is 0 Å². The van der Waals surface area contributed by atoms with Crippen molar-refractivity contribution in [3.8, 4) is 5.75 Å². The van der Waals surface area contributed by atoms with Crippen LogP contribution in [0.4, 0.5) is 5.13 Å². The summed E-state index contributed by atoms with van der Waals surface area (Å²) in [6, 6.07) is 11.2. The van der Waals surface area contributed by atoms with Crippen LogP contribution in [0.5, 0.6) is 5.75 Å². The molecule has 22 heavy (non-hydrogen) atoms. The van der Waals surface area contributed by atoms with Crippen molar-refractivity contribution in [2.75, 3.05) is 12.4 Å². The Balaban J connectivity index is 1.89. The number of carbonyl (C=O) groups is 1. The average Bonchev–Trinajstić information content (AvgIpc) is 2.94. The minimum Gasteiger partial charge on any atom is -0.497 e. The Hall–Kier alpha value is -2.40. The van der Waals surface area contributed by atoms with E-state index in [9.17, 15) is 4.79 Å². The third-order valence-electron chi connectivity index (χ3n) is 3.64. The monoisotopic (exact) mass is 312 g/mol. The lowest BCUT2D eigenvalue weighted by Gasteiger charge is -2.04. The number of nitrogens with zero attached hydrogens (tertiary/aromatic N) is 1. The van der Waals surface area contributed by atoms with E-state index < -0.39 is 0 Å². The Labute approximate surface area is 132 Å². The number of benzene rings is 2. The second-order valence-electron chi connectivity index (χ2n) is 5.06. The predicted octanol–water partition coefficient (Wildman–Crippen LogP) is 4.17. The first-order valence-electron chi connectivity index (χ1n) is 6.90. The molecule has 0 atom stereocenters. The number of carbonyl (C=O) groups excluding carboxylic acids is 1. The predicted molar refractivity (Wildman–Crippen MR) is 90.0 cm³/mol. The number of ether oxygens (including phenoxy) is 1. The van der Waals surface area contributed by atoms with Crippen LogP contribution in [0.3, 0.4) is 0 Å². The first kappa shape index (κ1) is 14.5. The molecule has 0 spiro atoms. The maximum absolute atomic E-state index is 12.3. The first-order valence-corrected chi connectivity index (χ1v) is 7.72. The highest BCUT2D eigenvalue weighted by molar-refractivity contribution is 7.22. The highest BCUT2D eigenvalue weighted by atomic mass is 32.1. The van der Waals surface area contributed by atoms with Gasteiger partial charge in [-0.25, -0.2) is 4.98 Å². The van der Waals surface area contributed by atoms with E-state index in [1.807, 2.05) is 13.0 Å².